The SMILES string of the molecule is CC(C)[C@@H]1CC[C@@H](C)C[C@H]1O.O=C([O-])Cc1ccccc1Nc1c(Cl)cccc1Cl.[Na+]. The van der Waals surface area contributed by atoms with Crippen molar-refractivity contribution in [2.24, 2.45) is 17.8 Å². The normalized spacial score (nSPS) is 20.3. The minimum Gasteiger partial charge on any atom is -0.550 e. The minimum absolute atomic E-state index is 0. The first-order valence-electron chi connectivity index (χ1n) is 10.4. The van der Waals surface area contributed by atoms with Gasteiger partial charge in [0, 0.05) is 18.1 Å². The number of benzene rings is 2. The van der Waals surface area contributed by atoms with Crippen LogP contribution in [0.15, 0.2) is 42.5 Å². The Labute approximate surface area is 217 Å². The van der Waals surface area contributed by atoms with Crippen LogP contribution in [0.4, 0.5) is 11.4 Å². The van der Waals surface area contributed by atoms with Gasteiger partial charge in [0.05, 0.1) is 21.8 Å². The first-order valence-corrected chi connectivity index (χ1v) is 11.1. The van der Waals surface area contributed by atoms with Crippen molar-refractivity contribution in [1.29, 1.82) is 0 Å². The van der Waals surface area contributed by atoms with Gasteiger partial charge in [0.15, 0.2) is 0 Å². The second-order valence-electron chi connectivity index (χ2n) is 8.32. The summed E-state index contributed by atoms with van der Waals surface area (Å²) < 4.78 is 0. The zero-order chi connectivity index (χ0) is 22.3. The molecule has 31 heavy (non-hydrogen) atoms. The van der Waals surface area contributed by atoms with Gasteiger partial charge in [-0.25, -0.2) is 0 Å². The number of carboxylic acids is 1. The Morgan fingerprint density at radius 2 is 1.74 bits per heavy atom. The van der Waals surface area contributed by atoms with Gasteiger partial charge >= 0.3 is 29.6 Å². The van der Waals surface area contributed by atoms with E-state index in [1.165, 1.54) is 12.8 Å². The molecule has 2 aromatic carbocycles. The van der Waals surface area contributed by atoms with Crippen molar-refractivity contribution in [2.75, 3.05) is 5.32 Å². The Hall–Kier alpha value is -0.750. The van der Waals surface area contributed by atoms with Crippen molar-refractivity contribution >= 4 is 40.5 Å². The smallest absolute Gasteiger partial charge is 0.550 e. The summed E-state index contributed by atoms with van der Waals surface area (Å²) in [5.74, 6) is 0.809. The van der Waals surface area contributed by atoms with Crippen LogP contribution in [0.25, 0.3) is 0 Å². The summed E-state index contributed by atoms with van der Waals surface area (Å²) in [5.41, 5.74) is 1.80. The molecule has 0 amide bonds. The predicted octanol–water partition coefficient (Wildman–Crippen LogP) is 2.47. The third-order valence-corrected chi connectivity index (χ3v) is 6.19. The number of nitrogens with one attached hydrogen (secondary N) is 1. The van der Waals surface area contributed by atoms with Crippen LogP contribution in [0.3, 0.4) is 0 Å². The van der Waals surface area contributed by atoms with E-state index >= 15 is 0 Å². The maximum Gasteiger partial charge on any atom is 1.00 e. The van der Waals surface area contributed by atoms with Gasteiger partial charge in [-0.3, -0.25) is 0 Å². The Morgan fingerprint density at radius 1 is 1.13 bits per heavy atom. The standard InChI is InChI=1S/C14H11Cl2NO2.C10H20O.Na/c15-10-5-3-6-11(16)14(10)17-12-7-2-1-4-9(12)8-13(18)19;1-7(2)9-5-4-8(3)6-10(9)11;/h1-7,17H,8H2,(H,18,19);7-11H,4-6H2,1-3H3;/q;;+1/p-1/t;8-,9+,10-;/m.1./s1. The van der Waals surface area contributed by atoms with E-state index in [9.17, 15) is 15.0 Å². The summed E-state index contributed by atoms with van der Waals surface area (Å²) in [6, 6.07) is 12.2. The Morgan fingerprint density at radius 3 is 2.29 bits per heavy atom. The predicted molar refractivity (Wildman–Crippen MR) is 122 cm³/mol. The number of anilines is 2. The van der Waals surface area contributed by atoms with Crippen LogP contribution in [0.1, 0.15) is 45.6 Å². The maximum absolute atomic E-state index is 10.7. The molecule has 1 aliphatic rings. The van der Waals surface area contributed by atoms with Crippen LogP contribution in [0, 0.1) is 17.8 Å². The topological polar surface area (TPSA) is 72.4 Å². The number of carbonyl (C=O) groups excluding carboxylic acids is 1. The first kappa shape index (κ1) is 28.3. The van der Waals surface area contributed by atoms with Gasteiger partial charge in [0.2, 0.25) is 0 Å². The summed E-state index contributed by atoms with van der Waals surface area (Å²) in [4.78, 5) is 10.7. The largest absolute Gasteiger partial charge is 1.00 e. The molecule has 3 rings (SSSR count). The molecular formula is C24H30Cl2NNaO3. The second-order valence-corrected chi connectivity index (χ2v) is 9.14. The van der Waals surface area contributed by atoms with E-state index < -0.39 is 5.97 Å². The van der Waals surface area contributed by atoms with Crippen molar-refractivity contribution in [2.45, 2.75) is 52.6 Å². The van der Waals surface area contributed by atoms with Crippen LogP contribution < -0.4 is 40.0 Å². The molecule has 0 aromatic heterocycles. The minimum atomic E-state index is -1.14. The van der Waals surface area contributed by atoms with Crippen molar-refractivity contribution in [3.63, 3.8) is 0 Å². The molecule has 0 heterocycles. The van der Waals surface area contributed by atoms with Crippen LogP contribution in [-0.4, -0.2) is 17.2 Å². The number of para-hydroxylation sites is 2. The van der Waals surface area contributed by atoms with Gasteiger partial charge in [0.25, 0.3) is 0 Å². The number of aliphatic hydroxyl groups is 1. The van der Waals surface area contributed by atoms with E-state index in [-0.39, 0.29) is 42.1 Å². The van der Waals surface area contributed by atoms with Gasteiger partial charge in [-0.05, 0) is 54.4 Å². The fourth-order valence-corrected chi connectivity index (χ4v) is 4.35. The van der Waals surface area contributed by atoms with Gasteiger partial charge in [-0.2, -0.15) is 0 Å². The van der Waals surface area contributed by atoms with Crippen LogP contribution in [0.5, 0.6) is 0 Å². The molecule has 1 aliphatic carbocycles. The number of aliphatic carboxylic acids is 1. The third kappa shape index (κ3) is 8.95. The number of aliphatic hydroxyl groups excluding tert-OH is 1. The van der Waals surface area contributed by atoms with Crippen molar-refractivity contribution in [3.05, 3.63) is 58.1 Å². The monoisotopic (exact) mass is 473 g/mol. The van der Waals surface area contributed by atoms with Gasteiger partial charge in [-0.15, -0.1) is 0 Å². The molecule has 0 spiro atoms. The molecule has 4 nitrogen and oxygen atoms in total. The molecule has 0 radical (unpaired) electrons. The van der Waals surface area contributed by atoms with Crippen molar-refractivity contribution in [3.8, 4) is 0 Å². The second kappa shape index (κ2) is 13.7. The average Bonchev–Trinajstić information content (AvgIpc) is 2.66. The van der Waals surface area contributed by atoms with Crippen LogP contribution in [-0.2, 0) is 11.2 Å². The molecule has 0 saturated heterocycles. The zero-order valence-electron chi connectivity index (χ0n) is 18.7. The molecule has 1 saturated carbocycles. The summed E-state index contributed by atoms with van der Waals surface area (Å²) in [5, 5.41) is 24.4. The quantitative estimate of drug-likeness (QED) is 0.654. The summed E-state index contributed by atoms with van der Waals surface area (Å²) in [7, 11) is 0. The number of hydrogen-bond donors (Lipinski definition) is 2. The molecule has 0 bridgehead atoms. The molecule has 3 atom stereocenters. The van der Waals surface area contributed by atoms with Crippen LogP contribution in [0.2, 0.25) is 10.0 Å². The molecule has 7 heteroatoms. The van der Waals surface area contributed by atoms with Crippen LogP contribution >= 0.6 is 23.2 Å². The molecule has 164 valence electrons. The Balaban J connectivity index is 0.000000344. The number of carboxylic acid groups (broad SMARTS) is 1. The molecule has 2 aromatic rings. The van der Waals surface area contributed by atoms with E-state index in [0.717, 1.165) is 12.3 Å². The van der Waals surface area contributed by atoms with Crippen molar-refractivity contribution < 1.29 is 44.6 Å². The fraction of sp³-hybridized carbons (Fsp3) is 0.458. The maximum atomic E-state index is 10.7. The number of rotatable bonds is 5. The third-order valence-electron chi connectivity index (χ3n) is 5.56. The van der Waals surface area contributed by atoms with Gasteiger partial charge in [0.1, 0.15) is 0 Å². The number of carbonyl (C=O) groups is 1. The Bertz CT molecular complexity index is 827. The van der Waals surface area contributed by atoms with Gasteiger partial charge < -0.3 is 20.3 Å². The number of halogens is 2. The van der Waals surface area contributed by atoms with Crippen molar-refractivity contribution in [1.82, 2.24) is 0 Å². The molecule has 2 N–H and O–H groups in total. The molecule has 0 unspecified atom stereocenters. The molecule has 0 aliphatic heterocycles. The summed E-state index contributed by atoms with van der Waals surface area (Å²) in [6.07, 6.45) is 3.34. The summed E-state index contributed by atoms with van der Waals surface area (Å²) in [6.45, 7) is 6.66. The van der Waals surface area contributed by atoms with E-state index in [1.807, 2.05) is 0 Å². The molecule has 1 fully saturated rings. The van der Waals surface area contributed by atoms with E-state index in [1.54, 1.807) is 42.5 Å². The molecular weight excluding hydrogens is 444 g/mol. The Kier molecular flexibility index (Phi) is 12.5. The number of hydrogen-bond acceptors (Lipinski definition) is 4. The van der Waals surface area contributed by atoms with E-state index in [0.29, 0.717) is 38.8 Å². The fourth-order valence-electron chi connectivity index (χ4n) is 3.86. The first-order chi connectivity index (χ1) is 14.2. The van der Waals surface area contributed by atoms with Gasteiger partial charge in [-0.1, -0.05) is 74.7 Å². The summed E-state index contributed by atoms with van der Waals surface area (Å²) >= 11 is 12.1. The van der Waals surface area contributed by atoms with E-state index in [2.05, 4.69) is 26.1 Å². The van der Waals surface area contributed by atoms with E-state index in [4.69, 9.17) is 23.2 Å². The zero-order valence-corrected chi connectivity index (χ0v) is 22.2. The average molecular weight is 474 g/mol.